The molecule has 8 amide bonds. The molecule has 3 saturated heterocycles. The van der Waals surface area contributed by atoms with Gasteiger partial charge in [0.15, 0.2) is 17.7 Å². The van der Waals surface area contributed by atoms with Crippen molar-refractivity contribution in [1.29, 1.82) is 0 Å². The Labute approximate surface area is 520 Å². The Morgan fingerprint density at radius 1 is 0.767 bits per heavy atom. The number of unbranched alkanes of at least 4 members (excludes halogenated alkanes) is 2. The minimum absolute atomic E-state index is 0. The molecule has 0 aromatic heterocycles. The zero-order valence-electron chi connectivity index (χ0n) is 47.6. The maximum Gasteiger partial charge on any atom is 1.00 e. The van der Waals surface area contributed by atoms with Crippen LogP contribution < -0.4 is 71.3 Å². The number of carbonyl (C=O) groups is 8. The number of benzene rings is 3. The van der Waals surface area contributed by atoms with Crippen LogP contribution in [-0.4, -0.2) is 195 Å². The van der Waals surface area contributed by atoms with Gasteiger partial charge >= 0.3 is 29.6 Å². The van der Waals surface area contributed by atoms with Gasteiger partial charge in [0.2, 0.25) is 47.3 Å². The smallest absolute Gasteiger partial charge is 0.691 e. The molecule has 6 rings (SSSR count). The summed E-state index contributed by atoms with van der Waals surface area (Å²) >= 11 is -0.0920. The molecule has 3 heterocycles. The van der Waals surface area contributed by atoms with Crippen molar-refractivity contribution in [1.82, 2.24) is 36.4 Å². The van der Waals surface area contributed by atoms with E-state index in [0.717, 1.165) is 67.5 Å². The Kier molecular flexibility index (Phi) is 26.9. The van der Waals surface area contributed by atoms with Crippen molar-refractivity contribution >= 4 is 59.6 Å². The van der Waals surface area contributed by atoms with Crippen molar-refractivity contribution in [3.63, 3.8) is 0 Å². The van der Waals surface area contributed by atoms with Gasteiger partial charge in [0, 0.05) is 38.3 Å². The quantitative estimate of drug-likeness (QED) is 0.0164. The molecule has 86 heavy (non-hydrogen) atoms. The maximum atomic E-state index is 14.7. The first kappa shape index (κ1) is 70.7. The summed E-state index contributed by atoms with van der Waals surface area (Å²) in [5.74, 6) is -12.4. The number of nitrogens with one attached hydrogen (secondary N) is 5. The molecule has 0 radical (unpaired) electrons. The molecule has 14 unspecified atom stereocenters. The number of hydrogen-bond donors (Lipinski definition) is 15. The van der Waals surface area contributed by atoms with Crippen LogP contribution in [-0.2, 0) is 60.6 Å². The van der Waals surface area contributed by atoms with Crippen LogP contribution in [0.1, 0.15) is 88.5 Å². The number of rotatable bonds is 20. The van der Waals surface area contributed by atoms with E-state index in [4.69, 9.17) is 9.92 Å². The molecule has 3 fully saturated rings. The zero-order chi connectivity index (χ0) is 62.4. The zero-order valence-corrected chi connectivity index (χ0v) is 50.4. The summed E-state index contributed by atoms with van der Waals surface area (Å²) in [6, 6.07) is 5.80. The molecule has 16 N–H and O–H groups in total. The van der Waals surface area contributed by atoms with Crippen molar-refractivity contribution in [3.05, 3.63) is 83.4 Å². The summed E-state index contributed by atoms with van der Waals surface area (Å²) in [4.78, 5) is 114. The predicted molar refractivity (Wildman–Crippen MR) is 294 cm³/mol. The molecule has 29 nitrogen and oxygen atoms in total. The molecular formula is C55H73N8NaO21S. The van der Waals surface area contributed by atoms with Gasteiger partial charge in [-0.05, 0) is 66.1 Å². The van der Waals surface area contributed by atoms with Crippen LogP contribution in [0.15, 0.2) is 66.7 Å². The van der Waals surface area contributed by atoms with Crippen molar-refractivity contribution in [2.45, 2.75) is 164 Å². The average molecular weight is 1240 g/mol. The maximum absolute atomic E-state index is 14.7. The van der Waals surface area contributed by atoms with E-state index in [9.17, 15) is 89.6 Å². The molecule has 466 valence electrons. The van der Waals surface area contributed by atoms with Crippen molar-refractivity contribution in [2.75, 3.05) is 13.1 Å². The number of amides is 8. The van der Waals surface area contributed by atoms with Crippen LogP contribution in [0.25, 0.3) is 11.1 Å². The van der Waals surface area contributed by atoms with Gasteiger partial charge < -0.3 is 97.5 Å². The Morgan fingerprint density at radius 3 is 1.98 bits per heavy atom. The Morgan fingerprint density at radius 2 is 1.37 bits per heavy atom. The third kappa shape index (κ3) is 18.5. The van der Waals surface area contributed by atoms with Gasteiger partial charge in [0.25, 0.3) is 12.3 Å². The van der Waals surface area contributed by atoms with E-state index in [1.54, 1.807) is 0 Å². The number of phenolic OH excluding ortho intramolecular Hbond substituents is 1. The summed E-state index contributed by atoms with van der Waals surface area (Å²) in [5, 5.41) is 126. The first-order valence-corrected chi connectivity index (χ1v) is 28.2. The van der Waals surface area contributed by atoms with Crippen molar-refractivity contribution < 1.29 is 133 Å². The predicted octanol–water partition coefficient (Wildman–Crippen LogP) is -7.09. The van der Waals surface area contributed by atoms with Gasteiger partial charge in [-0.3, -0.25) is 43.4 Å². The molecule has 0 saturated carbocycles. The molecular weight excluding hydrogens is 1160 g/mol. The third-order valence-corrected chi connectivity index (χ3v) is 15.4. The molecule has 0 bridgehead atoms. The first-order valence-electron chi connectivity index (χ1n) is 27.5. The minimum atomic E-state index is -2.55. The number of phenols is 1. The molecule has 3 aliphatic heterocycles. The average Bonchev–Trinajstić information content (AvgIpc) is 2.13. The van der Waals surface area contributed by atoms with Crippen molar-refractivity contribution in [2.24, 2.45) is 11.7 Å². The number of aromatic hydroxyl groups is 1. The van der Waals surface area contributed by atoms with E-state index in [2.05, 4.69) is 55.0 Å². The molecule has 3 aromatic rings. The second-order valence-electron chi connectivity index (χ2n) is 21.4. The second-order valence-corrected chi connectivity index (χ2v) is 21.9. The number of nitrogens with two attached hydrogens (primary N) is 1. The summed E-state index contributed by atoms with van der Waals surface area (Å²) in [6.07, 6.45) is -15.2. The Hall–Kier alpha value is -6.07. The van der Waals surface area contributed by atoms with E-state index < -0.39 is 182 Å². The number of carbonyl (C=O) groups excluding carboxylic acids is 8. The van der Waals surface area contributed by atoms with Crippen LogP contribution in [0, 0.1) is 5.92 Å². The van der Waals surface area contributed by atoms with E-state index in [0.29, 0.717) is 9.80 Å². The van der Waals surface area contributed by atoms with Gasteiger partial charge in [-0.2, -0.15) is 0 Å². The van der Waals surface area contributed by atoms with Crippen LogP contribution in [0.2, 0.25) is 0 Å². The van der Waals surface area contributed by atoms with E-state index in [1.807, 2.05) is 36.4 Å². The van der Waals surface area contributed by atoms with E-state index in [-0.39, 0.29) is 60.3 Å². The number of fused-ring (bicyclic) bond motifs is 2. The van der Waals surface area contributed by atoms with Gasteiger partial charge in [-0.1, -0.05) is 81.3 Å². The number of hydrogen-bond acceptors (Lipinski definition) is 22. The minimum Gasteiger partial charge on any atom is -0.691 e. The largest absolute Gasteiger partial charge is 1.00 e. The number of aliphatic hydroxyl groups excluding tert-OH is 8. The summed E-state index contributed by atoms with van der Waals surface area (Å²) in [7, 11) is 0. The number of nitrogens with zero attached hydrogens (tertiary/aromatic N) is 2. The molecule has 15 atom stereocenters. The SMILES string of the molecule is CCCCCc1ccc(-c2ccc(CCC(=O)N[C@H]3CC(O)C(O)NC(=O)C4C(O)C(C)CN4C(=O)C(C(O)CC(N)=O)NC(=O)C(C(O)C(O)c4ccc(O)c(OSOO[O-])c4)NC(=O)C4CC(O)CN4C(=O)C(C(C)O)NC3=O)cc2)cc1.[Na+]. The van der Waals surface area contributed by atoms with Crippen LogP contribution >= 0.6 is 12.3 Å². The van der Waals surface area contributed by atoms with Gasteiger partial charge in [-0.25, -0.2) is 0 Å². The van der Waals surface area contributed by atoms with Crippen LogP contribution in [0.5, 0.6) is 11.5 Å². The number of primary amides is 1. The second kappa shape index (κ2) is 32.8. The van der Waals surface area contributed by atoms with Gasteiger partial charge in [0.1, 0.15) is 54.6 Å². The number of aryl methyl sites for hydroxylation is 2. The van der Waals surface area contributed by atoms with Crippen LogP contribution in [0.3, 0.4) is 0 Å². The van der Waals surface area contributed by atoms with Crippen molar-refractivity contribution in [3.8, 4) is 22.6 Å². The third-order valence-electron chi connectivity index (χ3n) is 15.0. The molecule has 3 aromatic carbocycles. The standard InChI is InChI=1S/C55H74N8O21S.Na/c1-4-5-6-7-28-8-13-30(14-9-28)31-15-10-29(11-16-31)12-19-41(70)57-34-22-38(68)51(76)61-53(78)45-46(71)26(2)24-63(45)55(80)43(37(67)23-40(56)69)59-52(77)44(48(73)47(72)32-17-18-36(66)39(20-32)82-85-84-83-81)60-50(75)35-21-33(65)25-62(35)54(79)42(27(3)64)58-49(34)74;/h8-11,13-18,20,26-27,33-35,37-38,42-48,51,64-68,71-73,76,81H,4-7,12,19,21-25H2,1-3H3,(H2,56,69)(H,57,70)(H,58,74)(H,59,77)(H,60,75)(H,61,78);/q;+1/p-1/t26?,27?,33?,34-,35?,37?,38?,42?,43?,44?,45?,46?,47?,48?,51?;/m0./s1. The molecule has 0 spiro atoms. The molecule has 3 aliphatic rings. The van der Waals surface area contributed by atoms with Gasteiger partial charge in [0.05, 0.1) is 30.8 Å². The number of aliphatic hydroxyl groups is 8. The normalized spacial score (nSPS) is 26.7. The first-order chi connectivity index (χ1) is 40.3. The Balaban J connectivity index is 0.0000135. The monoisotopic (exact) mass is 1240 g/mol. The Bertz CT molecular complexity index is 2830. The fourth-order valence-corrected chi connectivity index (χ4v) is 10.5. The van der Waals surface area contributed by atoms with E-state index in [1.165, 1.54) is 12.5 Å². The fraction of sp³-hybridized carbons (Fsp3) is 0.527. The fourth-order valence-electron chi connectivity index (χ4n) is 10.3. The summed E-state index contributed by atoms with van der Waals surface area (Å²) in [5.41, 5.74) is 8.82. The van der Waals surface area contributed by atoms with Crippen LogP contribution in [0.4, 0.5) is 0 Å². The summed E-state index contributed by atoms with van der Waals surface area (Å²) < 4.78 is 9.02. The topological polar surface area (TPSA) is 462 Å². The van der Waals surface area contributed by atoms with E-state index >= 15 is 0 Å². The molecule has 0 aliphatic carbocycles. The van der Waals surface area contributed by atoms with Gasteiger partial charge in [-0.15, -0.1) is 4.33 Å². The summed E-state index contributed by atoms with van der Waals surface area (Å²) in [6.45, 7) is 3.41. The molecule has 31 heteroatoms.